The maximum Gasteiger partial charge on any atom is 0.338 e. The number of carbonyl (C=O) groups is 2. The molecule has 0 aliphatic carbocycles. The number of aromatic nitrogens is 1. The smallest absolute Gasteiger partial charge is 0.338 e. The molecule has 148 valence electrons. The highest BCUT2D eigenvalue weighted by Crippen LogP contribution is 2.14. The molecule has 0 spiro atoms. The number of benzene rings is 2. The van der Waals surface area contributed by atoms with Gasteiger partial charge in [0.1, 0.15) is 5.82 Å². The third kappa shape index (κ3) is 5.65. The van der Waals surface area contributed by atoms with E-state index in [4.69, 9.17) is 4.74 Å². The van der Waals surface area contributed by atoms with Crippen LogP contribution in [-0.2, 0) is 11.3 Å². The van der Waals surface area contributed by atoms with Crippen LogP contribution in [0.15, 0.2) is 66.9 Å². The van der Waals surface area contributed by atoms with Crippen molar-refractivity contribution in [2.75, 3.05) is 17.2 Å². The van der Waals surface area contributed by atoms with E-state index in [9.17, 15) is 9.59 Å². The van der Waals surface area contributed by atoms with Crippen LogP contribution >= 0.6 is 0 Å². The Labute approximate surface area is 169 Å². The molecule has 0 aliphatic heterocycles. The normalized spacial score (nSPS) is 10.3. The van der Waals surface area contributed by atoms with E-state index < -0.39 is 0 Å². The lowest BCUT2D eigenvalue weighted by Crippen LogP contribution is -2.13. The third-order valence-electron chi connectivity index (χ3n) is 4.27. The van der Waals surface area contributed by atoms with Gasteiger partial charge in [0.15, 0.2) is 0 Å². The molecule has 0 atom stereocenters. The van der Waals surface area contributed by atoms with Crippen molar-refractivity contribution in [3.8, 4) is 0 Å². The second-order valence-corrected chi connectivity index (χ2v) is 6.52. The van der Waals surface area contributed by atoms with Crippen LogP contribution in [0.3, 0.4) is 0 Å². The Bertz CT molecular complexity index is 983. The van der Waals surface area contributed by atoms with Gasteiger partial charge in [-0.1, -0.05) is 29.8 Å². The summed E-state index contributed by atoms with van der Waals surface area (Å²) in [4.78, 5) is 28.5. The second-order valence-electron chi connectivity index (χ2n) is 6.52. The van der Waals surface area contributed by atoms with Crippen LogP contribution in [0.25, 0.3) is 0 Å². The molecule has 3 aromatic rings. The molecule has 0 saturated carbocycles. The van der Waals surface area contributed by atoms with Gasteiger partial charge in [0, 0.05) is 24.0 Å². The topological polar surface area (TPSA) is 80.3 Å². The highest BCUT2D eigenvalue weighted by Gasteiger charge is 2.10. The number of carbonyl (C=O) groups excluding carboxylic acids is 2. The van der Waals surface area contributed by atoms with Crippen molar-refractivity contribution in [1.82, 2.24) is 4.98 Å². The summed E-state index contributed by atoms with van der Waals surface area (Å²) in [5.74, 6) is -0.0191. The van der Waals surface area contributed by atoms with Gasteiger partial charge in [0.2, 0.25) is 0 Å². The van der Waals surface area contributed by atoms with Gasteiger partial charge >= 0.3 is 5.97 Å². The van der Waals surface area contributed by atoms with E-state index in [0.717, 1.165) is 5.56 Å². The van der Waals surface area contributed by atoms with Gasteiger partial charge in [-0.05, 0) is 55.8 Å². The first kappa shape index (κ1) is 20.1. The van der Waals surface area contributed by atoms with Gasteiger partial charge in [-0.15, -0.1) is 0 Å². The average molecular weight is 389 g/mol. The summed E-state index contributed by atoms with van der Waals surface area (Å²) in [6.45, 7) is 4.74. The standard InChI is InChI=1S/C23H23N3O3/c1-3-29-23(28)18-8-10-20(11-9-18)26-22(27)19-12-13-24-21(14-19)25-15-17-6-4-16(2)5-7-17/h4-14H,3,15H2,1-2H3,(H,24,25)(H,26,27). The zero-order valence-electron chi connectivity index (χ0n) is 16.4. The largest absolute Gasteiger partial charge is 0.462 e. The Balaban J connectivity index is 1.61. The van der Waals surface area contributed by atoms with E-state index in [0.29, 0.717) is 35.8 Å². The number of rotatable bonds is 7. The number of esters is 1. The lowest BCUT2D eigenvalue weighted by atomic mass is 10.1. The SMILES string of the molecule is CCOC(=O)c1ccc(NC(=O)c2ccnc(NCc3ccc(C)cc3)c2)cc1. The van der Waals surface area contributed by atoms with E-state index >= 15 is 0 Å². The maximum atomic E-state index is 12.5. The number of anilines is 2. The molecule has 0 radical (unpaired) electrons. The Morgan fingerprint density at radius 2 is 1.69 bits per heavy atom. The van der Waals surface area contributed by atoms with Crippen LogP contribution in [0.1, 0.15) is 38.8 Å². The Kier molecular flexibility index (Phi) is 6.58. The fourth-order valence-corrected chi connectivity index (χ4v) is 2.67. The number of aryl methyl sites for hydroxylation is 1. The Morgan fingerprint density at radius 1 is 0.966 bits per heavy atom. The summed E-state index contributed by atoms with van der Waals surface area (Å²) >= 11 is 0. The summed E-state index contributed by atoms with van der Waals surface area (Å²) in [6, 6.07) is 18.2. The van der Waals surface area contributed by atoms with Gasteiger partial charge in [0.05, 0.1) is 12.2 Å². The Morgan fingerprint density at radius 3 is 2.38 bits per heavy atom. The van der Waals surface area contributed by atoms with Gasteiger partial charge in [-0.25, -0.2) is 9.78 Å². The van der Waals surface area contributed by atoms with Crippen LogP contribution in [0, 0.1) is 6.92 Å². The molecule has 3 rings (SSSR count). The highest BCUT2D eigenvalue weighted by atomic mass is 16.5. The number of hydrogen-bond donors (Lipinski definition) is 2. The van der Waals surface area contributed by atoms with Crippen molar-refractivity contribution < 1.29 is 14.3 Å². The lowest BCUT2D eigenvalue weighted by molar-refractivity contribution is 0.0526. The predicted octanol–water partition coefficient (Wildman–Crippen LogP) is 4.43. The van der Waals surface area contributed by atoms with Gasteiger partial charge in [0.25, 0.3) is 5.91 Å². The number of nitrogens with zero attached hydrogens (tertiary/aromatic N) is 1. The molecule has 0 bridgehead atoms. The minimum Gasteiger partial charge on any atom is -0.462 e. The molecule has 0 aliphatic rings. The predicted molar refractivity (Wildman–Crippen MR) is 113 cm³/mol. The monoisotopic (exact) mass is 389 g/mol. The summed E-state index contributed by atoms with van der Waals surface area (Å²) in [5, 5.41) is 6.05. The molecule has 1 amide bonds. The zero-order chi connectivity index (χ0) is 20.6. The first-order valence-electron chi connectivity index (χ1n) is 9.39. The average Bonchev–Trinajstić information content (AvgIpc) is 2.74. The number of amides is 1. The zero-order valence-corrected chi connectivity index (χ0v) is 16.4. The van der Waals surface area contributed by atoms with Crippen molar-refractivity contribution >= 4 is 23.4 Å². The van der Waals surface area contributed by atoms with E-state index in [1.807, 2.05) is 6.92 Å². The molecular weight excluding hydrogens is 366 g/mol. The van der Waals surface area contributed by atoms with Crippen LogP contribution in [-0.4, -0.2) is 23.5 Å². The van der Waals surface area contributed by atoms with Crippen LogP contribution in [0.2, 0.25) is 0 Å². The van der Waals surface area contributed by atoms with Gasteiger partial charge in [-0.3, -0.25) is 4.79 Å². The second kappa shape index (κ2) is 9.50. The first-order chi connectivity index (χ1) is 14.0. The van der Waals surface area contributed by atoms with Crippen molar-refractivity contribution in [3.05, 3.63) is 89.1 Å². The van der Waals surface area contributed by atoms with Crippen LogP contribution in [0.5, 0.6) is 0 Å². The minimum atomic E-state index is -0.385. The van der Waals surface area contributed by atoms with Crippen LogP contribution < -0.4 is 10.6 Å². The van der Waals surface area contributed by atoms with Gasteiger partial charge < -0.3 is 15.4 Å². The molecule has 6 nitrogen and oxygen atoms in total. The molecule has 29 heavy (non-hydrogen) atoms. The van der Waals surface area contributed by atoms with E-state index in [1.165, 1.54) is 5.56 Å². The van der Waals surface area contributed by atoms with Crippen molar-refractivity contribution in [2.24, 2.45) is 0 Å². The van der Waals surface area contributed by atoms with Crippen LogP contribution in [0.4, 0.5) is 11.5 Å². The van der Waals surface area contributed by atoms with E-state index in [-0.39, 0.29) is 11.9 Å². The number of nitrogens with one attached hydrogen (secondary N) is 2. The summed E-state index contributed by atoms with van der Waals surface area (Å²) in [6.07, 6.45) is 1.59. The lowest BCUT2D eigenvalue weighted by Gasteiger charge is -2.09. The first-order valence-corrected chi connectivity index (χ1v) is 9.39. The van der Waals surface area contributed by atoms with Gasteiger partial charge in [-0.2, -0.15) is 0 Å². The molecule has 2 aromatic carbocycles. The molecule has 6 heteroatoms. The third-order valence-corrected chi connectivity index (χ3v) is 4.27. The fourth-order valence-electron chi connectivity index (χ4n) is 2.67. The fraction of sp³-hybridized carbons (Fsp3) is 0.174. The molecule has 0 saturated heterocycles. The number of ether oxygens (including phenoxy) is 1. The summed E-state index contributed by atoms with van der Waals surface area (Å²) in [7, 11) is 0. The van der Waals surface area contributed by atoms with E-state index in [1.54, 1.807) is 49.5 Å². The molecule has 2 N–H and O–H groups in total. The Hall–Kier alpha value is -3.67. The molecule has 1 aromatic heterocycles. The highest BCUT2D eigenvalue weighted by molar-refractivity contribution is 6.04. The van der Waals surface area contributed by atoms with Crippen molar-refractivity contribution in [2.45, 2.75) is 20.4 Å². The maximum absolute atomic E-state index is 12.5. The molecular formula is C23H23N3O3. The number of pyridine rings is 1. The molecule has 0 fully saturated rings. The molecule has 1 heterocycles. The number of hydrogen-bond acceptors (Lipinski definition) is 5. The summed E-state index contributed by atoms with van der Waals surface area (Å²) in [5.41, 5.74) is 3.86. The minimum absolute atomic E-state index is 0.255. The van der Waals surface area contributed by atoms with Crippen molar-refractivity contribution in [1.29, 1.82) is 0 Å². The summed E-state index contributed by atoms with van der Waals surface area (Å²) < 4.78 is 4.95. The quantitative estimate of drug-likeness (QED) is 0.584. The van der Waals surface area contributed by atoms with Crippen molar-refractivity contribution in [3.63, 3.8) is 0 Å². The van der Waals surface area contributed by atoms with E-state index in [2.05, 4.69) is 39.9 Å². The molecule has 0 unspecified atom stereocenters.